The highest BCUT2D eigenvalue weighted by Gasteiger charge is 2.09. The third kappa shape index (κ3) is 2.88. The van der Waals surface area contributed by atoms with Gasteiger partial charge in [0.2, 0.25) is 0 Å². The average Bonchev–Trinajstić information content (AvgIpc) is 2.40. The molecule has 2 nitrogen and oxygen atoms in total. The van der Waals surface area contributed by atoms with Gasteiger partial charge in [-0.2, -0.15) is 0 Å². The zero-order valence-corrected chi connectivity index (χ0v) is 10.7. The molecule has 0 atom stereocenters. The number of halogens is 1. The average molecular weight is 254 g/mol. The number of anilines is 1. The van der Waals surface area contributed by atoms with Crippen molar-refractivity contribution in [1.29, 1.82) is 5.41 Å². The van der Waals surface area contributed by atoms with Gasteiger partial charge in [0.15, 0.2) is 0 Å². The Morgan fingerprint density at radius 1 is 1.21 bits per heavy atom. The first-order valence-electron chi connectivity index (χ1n) is 5.99. The molecule has 0 aliphatic heterocycles. The second kappa shape index (κ2) is 5.48. The maximum absolute atomic E-state index is 13.2. The van der Waals surface area contributed by atoms with Crippen LogP contribution in [0.1, 0.15) is 23.6 Å². The molecule has 0 unspecified atom stereocenters. The molecule has 2 aromatic rings. The quantitative estimate of drug-likeness (QED) is 0.634. The number of allylic oxidation sites excluding steroid dienone is 1. The molecule has 3 heteroatoms. The van der Waals surface area contributed by atoms with E-state index < -0.39 is 0 Å². The number of hydrogen-bond acceptors (Lipinski definition) is 2. The minimum Gasteiger partial charge on any atom is -0.398 e. The van der Waals surface area contributed by atoms with Gasteiger partial charge in [-0.05, 0) is 36.8 Å². The summed E-state index contributed by atoms with van der Waals surface area (Å²) in [6.07, 6.45) is 3.85. The largest absolute Gasteiger partial charge is 0.398 e. The Bertz CT molecular complexity index is 645. The van der Waals surface area contributed by atoms with E-state index in [-0.39, 0.29) is 11.5 Å². The summed E-state index contributed by atoms with van der Waals surface area (Å²) in [6, 6.07) is 11.5. The Hall–Kier alpha value is -2.42. The molecule has 0 aromatic heterocycles. The molecule has 96 valence electrons. The van der Waals surface area contributed by atoms with Crippen LogP contribution in [0, 0.1) is 11.2 Å². The summed E-state index contributed by atoms with van der Waals surface area (Å²) in [6.45, 7) is 1.92. The molecular weight excluding hydrogens is 239 g/mol. The third-order valence-corrected chi connectivity index (χ3v) is 2.82. The Labute approximate surface area is 111 Å². The van der Waals surface area contributed by atoms with Crippen LogP contribution >= 0.6 is 0 Å². The standard InChI is InChI=1S/C16H15FN2/c1-2-4-11-7-8-15(18)14(9-11)16(19)12-5-3-6-13(17)10-12/h2-10,19H,18H2,1H3/b4-2+,19-16?. The van der Waals surface area contributed by atoms with E-state index in [9.17, 15) is 4.39 Å². The van der Waals surface area contributed by atoms with Gasteiger partial charge >= 0.3 is 0 Å². The molecule has 0 fully saturated rings. The third-order valence-electron chi connectivity index (χ3n) is 2.82. The molecule has 0 radical (unpaired) electrons. The summed E-state index contributed by atoms with van der Waals surface area (Å²) in [7, 11) is 0. The van der Waals surface area contributed by atoms with Crippen LogP contribution in [0.3, 0.4) is 0 Å². The van der Waals surface area contributed by atoms with Gasteiger partial charge < -0.3 is 5.73 Å². The van der Waals surface area contributed by atoms with E-state index in [1.807, 2.05) is 31.2 Å². The summed E-state index contributed by atoms with van der Waals surface area (Å²) in [5.74, 6) is -0.356. The van der Waals surface area contributed by atoms with Gasteiger partial charge in [-0.3, -0.25) is 5.41 Å². The van der Waals surface area contributed by atoms with E-state index in [1.165, 1.54) is 12.1 Å². The van der Waals surface area contributed by atoms with Crippen molar-refractivity contribution in [3.63, 3.8) is 0 Å². The predicted octanol–water partition coefficient (Wildman–Crippen LogP) is 3.86. The van der Waals surface area contributed by atoms with Crippen molar-refractivity contribution < 1.29 is 4.39 Å². The Kier molecular flexibility index (Phi) is 3.76. The highest BCUT2D eigenvalue weighted by Crippen LogP contribution is 2.19. The van der Waals surface area contributed by atoms with E-state index in [4.69, 9.17) is 11.1 Å². The fraction of sp³-hybridized carbons (Fsp3) is 0.0625. The second-order valence-corrected chi connectivity index (χ2v) is 4.23. The van der Waals surface area contributed by atoms with Gasteiger partial charge in [0.05, 0.1) is 5.71 Å². The summed E-state index contributed by atoms with van der Waals surface area (Å²) >= 11 is 0. The summed E-state index contributed by atoms with van der Waals surface area (Å²) in [4.78, 5) is 0. The smallest absolute Gasteiger partial charge is 0.123 e. The number of rotatable bonds is 3. The van der Waals surface area contributed by atoms with Crippen LogP contribution in [0.5, 0.6) is 0 Å². The highest BCUT2D eigenvalue weighted by atomic mass is 19.1. The molecule has 0 aliphatic rings. The van der Waals surface area contributed by atoms with E-state index in [1.54, 1.807) is 18.2 Å². The maximum atomic E-state index is 13.2. The van der Waals surface area contributed by atoms with Crippen molar-refractivity contribution in [2.75, 3.05) is 5.73 Å². The zero-order chi connectivity index (χ0) is 13.8. The van der Waals surface area contributed by atoms with Gasteiger partial charge in [0, 0.05) is 16.8 Å². The lowest BCUT2D eigenvalue weighted by Crippen LogP contribution is -2.06. The predicted molar refractivity (Wildman–Crippen MR) is 77.9 cm³/mol. The van der Waals surface area contributed by atoms with E-state index >= 15 is 0 Å². The molecule has 0 spiro atoms. The van der Waals surface area contributed by atoms with Crippen LogP contribution in [0.15, 0.2) is 48.5 Å². The van der Waals surface area contributed by atoms with Crippen molar-refractivity contribution in [3.05, 3.63) is 71.0 Å². The number of nitrogens with one attached hydrogen (secondary N) is 1. The minimum absolute atomic E-state index is 0.225. The zero-order valence-electron chi connectivity index (χ0n) is 10.7. The molecular formula is C16H15FN2. The molecule has 19 heavy (non-hydrogen) atoms. The first-order chi connectivity index (χ1) is 9.11. The Morgan fingerprint density at radius 3 is 2.68 bits per heavy atom. The fourth-order valence-corrected chi connectivity index (χ4v) is 1.89. The number of benzene rings is 2. The van der Waals surface area contributed by atoms with Gasteiger partial charge in [-0.1, -0.05) is 30.4 Å². The van der Waals surface area contributed by atoms with E-state index in [0.29, 0.717) is 16.8 Å². The van der Waals surface area contributed by atoms with Crippen molar-refractivity contribution >= 4 is 17.5 Å². The molecule has 0 aliphatic carbocycles. The van der Waals surface area contributed by atoms with Crippen molar-refractivity contribution in [1.82, 2.24) is 0 Å². The SMILES string of the molecule is C/C=C/c1ccc(N)c(C(=N)c2cccc(F)c2)c1. The lowest BCUT2D eigenvalue weighted by molar-refractivity contribution is 0.627. The van der Waals surface area contributed by atoms with E-state index in [0.717, 1.165) is 5.56 Å². The Morgan fingerprint density at radius 2 is 2.00 bits per heavy atom. The number of nitrogens with two attached hydrogens (primary N) is 1. The highest BCUT2D eigenvalue weighted by molar-refractivity contribution is 6.14. The topological polar surface area (TPSA) is 49.9 Å². The van der Waals surface area contributed by atoms with Crippen LogP contribution in [0.2, 0.25) is 0 Å². The minimum atomic E-state index is -0.356. The van der Waals surface area contributed by atoms with Crippen LogP contribution in [0.25, 0.3) is 6.08 Å². The number of nitrogen functional groups attached to an aromatic ring is 1. The lowest BCUT2D eigenvalue weighted by atomic mass is 9.98. The molecule has 0 bridgehead atoms. The molecule has 0 amide bonds. The van der Waals surface area contributed by atoms with Gasteiger partial charge in [-0.25, -0.2) is 4.39 Å². The van der Waals surface area contributed by atoms with Gasteiger partial charge in [0.1, 0.15) is 5.82 Å². The molecule has 3 N–H and O–H groups in total. The molecule has 2 rings (SSSR count). The number of hydrogen-bond donors (Lipinski definition) is 2. The van der Waals surface area contributed by atoms with Crippen molar-refractivity contribution in [2.24, 2.45) is 0 Å². The van der Waals surface area contributed by atoms with Gasteiger partial charge in [0.25, 0.3) is 0 Å². The monoisotopic (exact) mass is 254 g/mol. The maximum Gasteiger partial charge on any atom is 0.123 e. The van der Waals surface area contributed by atoms with Crippen LogP contribution in [-0.2, 0) is 0 Å². The molecule has 0 heterocycles. The van der Waals surface area contributed by atoms with Crippen molar-refractivity contribution in [2.45, 2.75) is 6.92 Å². The first kappa shape index (κ1) is 13.0. The van der Waals surface area contributed by atoms with Gasteiger partial charge in [-0.15, -0.1) is 0 Å². The molecule has 0 saturated heterocycles. The normalized spacial score (nSPS) is 10.8. The molecule has 0 saturated carbocycles. The summed E-state index contributed by atoms with van der Waals surface area (Å²) in [5.41, 5.74) is 8.74. The van der Waals surface area contributed by atoms with Crippen LogP contribution in [-0.4, -0.2) is 5.71 Å². The van der Waals surface area contributed by atoms with Crippen LogP contribution < -0.4 is 5.73 Å². The van der Waals surface area contributed by atoms with Crippen LogP contribution in [0.4, 0.5) is 10.1 Å². The van der Waals surface area contributed by atoms with Crippen molar-refractivity contribution in [3.8, 4) is 0 Å². The second-order valence-electron chi connectivity index (χ2n) is 4.23. The Balaban J connectivity index is 2.46. The summed E-state index contributed by atoms with van der Waals surface area (Å²) < 4.78 is 13.2. The fourth-order valence-electron chi connectivity index (χ4n) is 1.89. The summed E-state index contributed by atoms with van der Waals surface area (Å²) in [5, 5.41) is 8.17. The van der Waals surface area contributed by atoms with E-state index in [2.05, 4.69) is 0 Å². The lowest BCUT2D eigenvalue weighted by Gasteiger charge is -2.09. The molecule has 2 aromatic carbocycles. The first-order valence-corrected chi connectivity index (χ1v) is 5.99.